The number of esters is 2. The number of piperidine rings is 1. The largest absolute Gasteiger partial charge is 0.444 e. The smallest absolute Gasteiger partial charge is 0.410 e. The maximum atomic E-state index is 12.1. The van der Waals surface area contributed by atoms with Crippen molar-refractivity contribution in [1.82, 2.24) is 4.90 Å². The SMILES string of the molecule is CC(C)(C)OC(=O)N1CCC[C@@H](C(=O)OCOC(=O)C(C)(C)C)C1. The highest BCUT2D eigenvalue weighted by molar-refractivity contribution is 5.76. The fraction of sp³-hybridized carbons (Fsp3) is 0.824. The van der Waals surface area contributed by atoms with Crippen LogP contribution in [0, 0.1) is 11.3 Å². The van der Waals surface area contributed by atoms with Crippen LogP contribution in [0.3, 0.4) is 0 Å². The molecule has 24 heavy (non-hydrogen) atoms. The van der Waals surface area contributed by atoms with Crippen molar-refractivity contribution in [3.8, 4) is 0 Å². The van der Waals surface area contributed by atoms with E-state index in [1.807, 2.05) is 0 Å². The Bertz CT molecular complexity index is 474. The van der Waals surface area contributed by atoms with E-state index < -0.39 is 41.8 Å². The van der Waals surface area contributed by atoms with E-state index in [2.05, 4.69) is 0 Å². The fourth-order valence-corrected chi connectivity index (χ4v) is 2.14. The average molecular weight is 343 g/mol. The van der Waals surface area contributed by atoms with Crippen molar-refractivity contribution in [3.05, 3.63) is 0 Å². The first-order valence-electron chi connectivity index (χ1n) is 8.22. The van der Waals surface area contributed by atoms with Gasteiger partial charge in [-0.1, -0.05) is 0 Å². The Hall–Kier alpha value is -1.79. The number of ether oxygens (including phenoxy) is 3. The van der Waals surface area contributed by atoms with Gasteiger partial charge in [-0.25, -0.2) is 4.79 Å². The second-order valence-corrected chi connectivity index (χ2v) is 8.03. The predicted molar refractivity (Wildman–Crippen MR) is 87.0 cm³/mol. The van der Waals surface area contributed by atoms with E-state index in [0.717, 1.165) is 0 Å². The van der Waals surface area contributed by atoms with Gasteiger partial charge in [-0.15, -0.1) is 0 Å². The van der Waals surface area contributed by atoms with E-state index in [9.17, 15) is 14.4 Å². The van der Waals surface area contributed by atoms with E-state index in [1.54, 1.807) is 41.5 Å². The monoisotopic (exact) mass is 343 g/mol. The van der Waals surface area contributed by atoms with Crippen LogP contribution in [-0.4, -0.2) is 48.4 Å². The Morgan fingerprint density at radius 2 is 1.67 bits per heavy atom. The lowest BCUT2D eigenvalue weighted by molar-refractivity contribution is -0.176. The molecule has 0 bridgehead atoms. The fourth-order valence-electron chi connectivity index (χ4n) is 2.14. The van der Waals surface area contributed by atoms with Gasteiger partial charge in [0, 0.05) is 13.1 Å². The number of carbonyl (C=O) groups excluding carboxylic acids is 3. The van der Waals surface area contributed by atoms with E-state index in [0.29, 0.717) is 19.4 Å². The second-order valence-electron chi connectivity index (χ2n) is 8.03. The number of hydrogen-bond donors (Lipinski definition) is 0. The molecule has 1 aliphatic heterocycles. The van der Waals surface area contributed by atoms with Crippen LogP contribution in [0.25, 0.3) is 0 Å². The minimum Gasteiger partial charge on any atom is -0.444 e. The molecule has 0 unspecified atom stereocenters. The summed E-state index contributed by atoms with van der Waals surface area (Å²) in [5, 5.41) is 0. The molecule has 1 aliphatic rings. The molecule has 0 radical (unpaired) electrons. The molecule has 1 rings (SSSR count). The van der Waals surface area contributed by atoms with Crippen LogP contribution >= 0.6 is 0 Å². The van der Waals surface area contributed by atoms with Crippen LogP contribution in [0.2, 0.25) is 0 Å². The highest BCUT2D eigenvalue weighted by Gasteiger charge is 2.32. The molecule has 1 fully saturated rings. The zero-order chi connectivity index (χ0) is 18.5. The van der Waals surface area contributed by atoms with E-state index in [1.165, 1.54) is 4.90 Å². The summed E-state index contributed by atoms with van der Waals surface area (Å²) in [5.41, 5.74) is -1.23. The molecule has 0 aromatic rings. The van der Waals surface area contributed by atoms with Crippen LogP contribution < -0.4 is 0 Å². The Morgan fingerprint density at radius 3 is 2.21 bits per heavy atom. The Labute approximate surface area is 143 Å². The molecular weight excluding hydrogens is 314 g/mol. The van der Waals surface area contributed by atoms with Crippen molar-refractivity contribution in [2.45, 2.75) is 60.0 Å². The first kappa shape index (κ1) is 20.3. The van der Waals surface area contributed by atoms with Gasteiger partial charge in [-0.3, -0.25) is 9.59 Å². The van der Waals surface area contributed by atoms with Crippen LogP contribution in [0.5, 0.6) is 0 Å². The molecule has 7 heteroatoms. The van der Waals surface area contributed by atoms with Crippen LogP contribution in [0.1, 0.15) is 54.4 Å². The van der Waals surface area contributed by atoms with E-state index >= 15 is 0 Å². The molecule has 138 valence electrons. The lowest BCUT2D eigenvalue weighted by Crippen LogP contribution is -2.45. The van der Waals surface area contributed by atoms with Crippen molar-refractivity contribution in [2.75, 3.05) is 19.9 Å². The van der Waals surface area contributed by atoms with E-state index in [4.69, 9.17) is 14.2 Å². The predicted octanol–water partition coefficient (Wildman–Crippen LogP) is 2.72. The average Bonchev–Trinajstić information content (AvgIpc) is 2.44. The molecule has 1 amide bonds. The summed E-state index contributed by atoms with van der Waals surface area (Å²) in [6, 6.07) is 0. The van der Waals surface area contributed by atoms with Gasteiger partial charge < -0.3 is 19.1 Å². The molecule has 0 saturated carbocycles. The zero-order valence-corrected chi connectivity index (χ0v) is 15.5. The lowest BCUT2D eigenvalue weighted by Gasteiger charge is -2.33. The number of hydrogen-bond acceptors (Lipinski definition) is 6. The molecule has 0 N–H and O–H groups in total. The summed E-state index contributed by atoms with van der Waals surface area (Å²) in [5.74, 6) is -1.33. The van der Waals surface area contributed by atoms with Gasteiger partial charge in [-0.2, -0.15) is 0 Å². The molecule has 0 spiro atoms. The maximum absolute atomic E-state index is 12.1. The van der Waals surface area contributed by atoms with Crippen LogP contribution in [-0.2, 0) is 23.8 Å². The molecule has 0 aromatic carbocycles. The minimum absolute atomic E-state index is 0.251. The Kier molecular flexibility index (Phi) is 6.63. The zero-order valence-electron chi connectivity index (χ0n) is 15.5. The molecular formula is C17H29NO6. The molecule has 1 saturated heterocycles. The van der Waals surface area contributed by atoms with Crippen molar-refractivity contribution in [3.63, 3.8) is 0 Å². The summed E-state index contributed by atoms with van der Waals surface area (Å²) >= 11 is 0. The van der Waals surface area contributed by atoms with Crippen molar-refractivity contribution >= 4 is 18.0 Å². The number of nitrogens with zero attached hydrogens (tertiary/aromatic N) is 1. The lowest BCUT2D eigenvalue weighted by atomic mass is 9.98. The van der Waals surface area contributed by atoms with Gasteiger partial charge in [0.05, 0.1) is 11.3 Å². The maximum Gasteiger partial charge on any atom is 0.410 e. The summed E-state index contributed by atoms with van der Waals surface area (Å²) in [4.78, 5) is 37.3. The standard InChI is InChI=1S/C17H29NO6/c1-16(2,3)14(20)23-11-22-13(19)12-8-7-9-18(10-12)15(21)24-17(4,5)6/h12H,7-11H2,1-6H3/t12-/m1/s1. The summed E-state index contributed by atoms with van der Waals surface area (Å²) in [6.45, 7) is 10.9. The number of rotatable bonds is 3. The molecule has 1 atom stereocenters. The normalized spacial score (nSPS) is 18.8. The van der Waals surface area contributed by atoms with Gasteiger partial charge in [-0.05, 0) is 54.4 Å². The van der Waals surface area contributed by atoms with Gasteiger partial charge in [0.25, 0.3) is 0 Å². The summed E-state index contributed by atoms with van der Waals surface area (Å²) < 4.78 is 15.3. The van der Waals surface area contributed by atoms with Gasteiger partial charge >= 0.3 is 18.0 Å². The third kappa shape index (κ3) is 6.76. The molecule has 1 heterocycles. The van der Waals surface area contributed by atoms with Crippen LogP contribution in [0.4, 0.5) is 4.79 Å². The van der Waals surface area contributed by atoms with E-state index in [-0.39, 0.29) is 6.54 Å². The van der Waals surface area contributed by atoms with Crippen molar-refractivity contribution in [1.29, 1.82) is 0 Å². The molecule has 0 aliphatic carbocycles. The second kappa shape index (κ2) is 7.85. The first-order valence-corrected chi connectivity index (χ1v) is 8.22. The van der Waals surface area contributed by atoms with Crippen LogP contribution in [0.15, 0.2) is 0 Å². The summed E-state index contributed by atoms with van der Waals surface area (Å²) in [7, 11) is 0. The first-order chi connectivity index (χ1) is 10.9. The van der Waals surface area contributed by atoms with Gasteiger partial charge in [0.15, 0.2) is 0 Å². The highest BCUT2D eigenvalue weighted by atomic mass is 16.7. The number of amides is 1. The minimum atomic E-state index is -0.648. The van der Waals surface area contributed by atoms with Gasteiger partial charge in [0.2, 0.25) is 6.79 Å². The molecule has 0 aromatic heterocycles. The number of likely N-dealkylation sites (tertiary alicyclic amines) is 1. The Morgan fingerprint density at radius 1 is 1.04 bits per heavy atom. The third-order valence-electron chi connectivity index (χ3n) is 3.41. The summed E-state index contributed by atoms with van der Waals surface area (Å²) in [6.07, 6.45) is 0.894. The Balaban J connectivity index is 2.45. The highest BCUT2D eigenvalue weighted by Crippen LogP contribution is 2.21. The quantitative estimate of drug-likeness (QED) is 0.579. The topological polar surface area (TPSA) is 82.1 Å². The van der Waals surface area contributed by atoms with Gasteiger partial charge in [0.1, 0.15) is 5.60 Å². The van der Waals surface area contributed by atoms with Crippen molar-refractivity contribution in [2.24, 2.45) is 11.3 Å². The molecule has 7 nitrogen and oxygen atoms in total. The third-order valence-corrected chi connectivity index (χ3v) is 3.41. The van der Waals surface area contributed by atoms with Crippen molar-refractivity contribution < 1.29 is 28.6 Å². The number of carbonyl (C=O) groups is 3.